The molecule has 2 amide bonds. The molecule has 17 heavy (non-hydrogen) atoms. The van der Waals surface area contributed by atoms with Crippen LogP contribution in [0.2, 0.25) is 0 Å². The maximum Gasteiger partial charge on any atom is 0.257 e. The molecule has 1 N–H and O–H groups in total. The van der Waals surface area contributed by atoms with Crippen molar-refractivity contribution in [2.75, 3.05) is 20.1 Å². The highest BCUT2D eigenvalue weighted by Gasteiger charge is 2.31. The van der Waals surface area contributed by atoms with Gasteiger partial charge in [0.25, 0.3) is 5.91 Å². The molecule has 1 atom stereocenters. The maximum absolute atomic E-state index is 12.1. The molecule has 1 aromatic rings. The Bertz CT molecular complexity index is 440. The predicted molar refractivity (Wildman–Crippen MR) is 61.3 cm³/mol. The summed E-state index contributed by atoms with van der Waals surface area (Å²) >= 11 is 0. The number of carbonyl (C=O) groups excluding carboxylic acids is 2. The molecule has 92 valence electrons. The molecule has 0 saturated carbocycles. The van der Waals surface area contributed by atoms with Gasteiger partial charge in [0.1, 0.15) is 0 Å². The van der Waals surface area contributed by atoms with Crippen molar-refractivity contribution in [1.82, 2.24) is 20.0 Å². The Morgan fingerprint density at radius 3 is 2.88 bits per heavy atom. The van der Waals surface area contributed by atoms with Crippen molar-refractivity contribution in [3.05, 3.63) is 18.0 Å². The van der Waals surface area contributed by atoms with E-state index in [4.69, 9.17) is 0 Å². The third-order valence-electron chi connectivity index (χ3n) is 3.04. The van der Waals surface area contributed by atoms with Gasteiger partial charge >= 0.3 is 0 Å². The van der Waals surface area contributed by atoms with E-state index in [1.165, 1.54) is 0 Å². The van der Waals surface area contributed by atoms with Crippen molar-refractivity contribution in [1.29, 1.82) is 0 Å². The second-order valence-electron chi connectivity index (χ2n) is 4.25. The first-order valence-electron chi connectivity index (χ1n) is 5.61. The molecule has 2 rings (SSSR count). The summed E-state index contributed by atoms with van der Waals surface area (Å²) in [6, 6.07) is 0. The van der Waals surface area contributed by atoms with Gasteiger partial charge in [-0.1, -0.05) is 0 Å². The number of nitrogens with zero attached hydrogens (tertiary/aromatic N) is 3. The van der Waals surface area contributed by atoms with E-state index in [0.29, 0.717) is 18.7 Å². The van der Waals surface area contributed by atoms with Crippen LogP contribution in [0.1, 0.15) is 16.8 Å². The molecule has 1 fully saturated rings. The lowest BCUT2D eigenvalue weighted by Gasteiger charge is -2.14. The number of rotatable bonds is 2. The van der Waals surface area contributed by atoms with Gasteiger partial charge in [-0.25, -0.2) is 0 Å². The smallest absolute Gasteiger partial charge is 0.257 e. The molecule has 1 aliphatic rings. The topological polar surface area (TPSA) is 67.2 Å². The molecule has 0 spiro atoms. The van der Waals surface area contributed by atoms with Crippen LogP contribution in [0, 0.1) is 5.92 Å². The van der Waals surface area contributed by atoms with Gasteiger partial charge in [-0.3, -0.25) is 14.3 Å². The highest BCUT2D eigenvalue weighted by atomic mass is 16.2. The quantitative estimate of drug-likeness (QED) is 0.761. The van der Waals surface area contributed by atoms with Gasteiger partial charge in [-0.05, 0) is 6.42 Å². The minimum absolute atomic E-state index is 0.00601. The summed E-state index contributed by atoms with van der Waals surface area (Å²) in [6.07, 6.45) is 3.97. The van der Waals surface area contributed by atoms with Gasteiger partial charge in [-0.2, -0.15) is 5.10 Å². The first-order valence-corrected chi connectivity index (χ1v) is 5.61. The van der Waals surface area contributed by atoms with Crippen LogP contribution in [-0.4, -0.2) is 46.6 Å². The SMILES string of the molecule is CNC(=O)[C@@H]1CCN(C(=O)c2cnn(C)c2)C1. The maximum atomic E-state index is 12.1. The summed E-state index contributed by atoms with van der Waals surface area (Å²) < 4.78 is 1.60. The van der Waals surface area contributed by atoms with E-state index in [1.807, 2.05) is 0 Å². The Kier molecular flexibility index (Phi) is 3.12. The number of aromatic nitrogens is 2. The van der Waals surface area contributed by atoms with E-state index >= 15 is 0 Å². The number of amides is 2. The summed E-state index contributed by atoms with van der Waals surface area (Å²) in [4.78, 5) is 25.2. The van der Waals surface area contributed by atoms with E-state index in [0.717, 1.165) is 6.42 Å². The lowest BCUT2D eigenvalue weighted by atomic mass is 10.1. The number of nitrogens with one attached hydrogen (secondary N) is 1. The van der Waals surface area contributed by atoms with Gasteiger partial charge in [-0.15, -0.1) is 0 Å². The molecule has 0 aromatic carbocycles. The molecule has 6 heteroatoms. The number of aryl methyl sites for hydroxylation is 1. The molecule has 0 bridgehead atoms. The fraction of sp³-hybridized carbons (Fsp3) is 0.545. The van der Waals surface area contributed by atoms with Crippen LogP contribution in [0.15, 0.2) is 12.4 Å². The summed E-state index contributed by atoms with van der Waals surface area (Å²) in [5.74, 6) is -0.128. The van der Waals surface area contributed by atoms with E-state index in [2.05, 4.69) is 10.4 Å². The Balaban J connectivity index is 2.01. The van der Waals surface area contributed by atoms with Crippen LogP contribution in [-0.2, 0) is 11.8 Å². The predicted octanol–water partition coefficient (Wildman–Crippen LogP) is -0.372. The number of likely N-dealkylation sites (tertiary alicyclic amines) is 1. The largest absolute Gasteiger partial charge is 0.359 e. The Labute approximate surface area is 99.6 Å². The molecule has 0 aliphatic carbocycles. The van der Waals surface area contributed by atoms with Crippen molar-refractivity contribution in [3.63, 3.8) is 0 Å². The average Bonchev–Trinajstić information content (AvgIpc) is 2.95. The van der Waals surface area contributed by atoms with Crippen LogP contribution in [0.5, 0.6) is 0 Å². The number of hydrogen-bond donors (Lipinski definition) is 1. The highest BCUT2D eigenvalue weighted by Crippen LogP contribution is 2.18. The van der Waals surface area contributed by atoms with Gasteiger partial charge in [0.05, 0.1) is 17.7 Å². The molecule has 1 aliphatic heterocycles. The van der Waals surface area contributed by atoms with Gasteiger partial charge in [0.15, 0.2) is 0 Å². The van der Waals surface area contributed by atoms with Crippen molar-refractivity contribution >= 4 is 11.8 Å². The highest BCUT2D eigenvalue weighted by molar-refractivity contribution is 5.94. The zero-order valence-electron chi connectivity index (χ0n) is 10.0. The molecule has 6 nitrogen and oxygen atoms in total. The monoisotopic (exact) mass is 236 g/mol. The zero-order valence-corrected chi connectivity index (χ0v) is 10.0. The minimum atomic E-state index is -0.0828. The van der Waals surface area contributed by atoms with Crippen molar-refractivity contribution in [2.45, 2.75) is 6.42 Å². The fourth-order valence-electron chi connectivity index (χ4n) is 2.08. The normalized spacial score (nSPS) is 19.4. The summed E-state index contributed by atoms with van der Waals surface area (Å²) in [5, 5.41) is 6.59. The first-order chi connectivity index (χ1) is 8.11. The third-order valence-corrected chi connectivity index (χ3v) is 3.04. The number of hydrogen-bond acceptors (Lipinski definition) is 3. The van der Waals surface area contributed by atoms with E-state index < -0.39 is 0 Å². The average molecular weight is 236 g/mol. The second-order valence-corrected chi connectivity index (χ2v) is 4.25. The molecular formula is C11H16N4O2. The molecule has 2 heterocycles. The van der Waals surface area contributed by atoms with Crippen LogP contribution in [0.3, 0.4) is 0 Å². The van der Waals surface area contributed by atoms with Crippen molar-refractivity contribution < 1.29 is 9.59 Å². The van der Waals surface area contributed by atoms with E-state index in [-0.39, 0.29) is 17.7 Å². The molecule has 0 radical (unpaired) electrons. The summed E-state index contributed by atoms with van der Waals surface area (Å²) in [7, 11) is 3.39. The standard InChI is InChI=1S/C11H16N4O2/c1-12-10(16)8-3-4-15(7-8)11(17)9-5-13-14(2)6-9/h5-6,8H,3-4,7H2,1-2H3,(H,12,16)/t8-/m1/s1. The van der Waals surface area contributed by atoms with E-state index in [1.54, 1.807) is 36.1 Å². The van der Waals surface area contributed by atoms with Gasteiger partial charge in [0.2, 0.25) is 5.91 Å². The lowest BCUT2D eigenvalue weighted by molar-refractivity contribution is -0.124. The summed E-state index contributed by atoms with van der Waals surface area (Å²) in [6.45, 7) is 1.12. The Hall–Kier alpha value is -1.85. The van der Waals surface area contributed by atoms with E-state index in [9.17, 15) is 9.59 Å². The minimum Gasteiger partial charge on any atom is -0.359 e. The van der Waals surface area contributed by atoms with Crippen molar-refractivity contribution in [3.8, 4) is 0 Å². The Morgan fingerprint density at radius 1 is 1.53 bits per heavy atom. The van der Waals surface area contributed by atoms with Crippen LogP contribution in [0.4, 0.5) is 0 Å². The first kappa shape index (κ1) is 11.6. The van der Waals surface area contributed by atoms with Gasteiger partial charge < -0.3 is 10.2 Å². The summed E-state index contributed by atoms with van der Waals surface area (Å²) in [5.41, 5.74) is 0.574. The van der Waals surface area contributed by atoms with Crippen molar-refractivity contribution in [2.24, 2.45) is 13.0 Å². The Morgan fingerprint density at radius 2 is 2.29 bits per heavy atom. The van der Waals surface area contributed by atoms with Gasteiger partial charge in [0, 0.05) is 33.4 Å². The second kappa shape index (κ2) is 4.57. The molecule has 1 saturated heterocycles. The molecule has 1 aromatic heterocycles. The lowest BCUT2D eigenvalue weighted by Crippen LogP contribution is -2.32. The fourth-order valence-corrected chi connectivity index (χ4v) is 2.08. The third kappa shape index (κ3) is 2.30. The molecule has 0 unspecified atom stereocenters. The van der Waals surface area contributed by atoms with Crippen LogP contribution in [0.25, 0.3) is 0 Å². The van der Waals surface area contributed by atoms with Crippen LogP contribution < -0.4 is 5.32 Å². The number of carbonyl (C=O) groups is 2. The molecular weight excluding hydrogens is 220 g/mol. The van der Waals surface area contributed by atoms with Crippen LogP contribution >= 0.6 is 0 Å². The zero-order chi connectivity index (χ0) is 12.4.